The van der Waals surface area contributed by atoms with Crippen molar-refractivity contribution in [3.63, 3.8) is 0 Å². The van der Waals surface area contributed by atoms with Gasteiger partial charge in [0.2, 0.25) is 5.91 Å². The number of halogens is 2. The van der Waals surface area contributed by atoms with Crippen molar-refractivity contribution >= 4 is 39.9 Å². The summed E-state index contributed by atoms with van der Waals surface area (Å²) in [6.45, 7) is 2.51. The Bertz CT molecular complexity index is 358. The number of anilines is 1. The van der Waals surface area contributed by atoms with Crippen molar-refractivity contribution in [2.45, 2.75) is 19.8 Å². The molecule has 1 aromatic rings. The molecule has 0 atom stereocenters. The van der Waals surface area contributed by atoms with Gasteiger partial charge in [-0.15, -0.1) is 12.4 Å². The van der Waals surface area contributed by atoms with E-state index in [-0.39, 0.29) is 18.3 Å². The molecule has 0 unspecified atom stereocenters. The van der Waals surface area contributed by atoms with E-state index in [1.807, 2.05) is 25.1 Å². The van der Waals surface area contributed by atoms with Gasteiger partial charge in [-0.3, -0.25) is 4.79 Å². The second-order valence-corrected chi connectivity index (χ2v) is 4.21. The van der Waals surface area contributed by atoms with Gasteiger partial charge < -0.3 is 11.1 Å². The molecule has 3 nitrogen and oxygen atoms in total. The molecule has 1 rings (SSSR count). The fraction of sp³-hybridized carbons (Fsp3) is 0.364. The van der Waals surface area contributed by atoms with Crippen LogP contribution in [0.25, 0.3) is 0 Å². The molecule has 5 heteroatoms. The van der Waals surface area contributed by atoms with Crippen molar-refractivity contribution in [3.8, 4) is 0 Å². The van der Waals surface area contributed by atoms with Crippen molar-refractivity contribution in [2.24, 2.45) is 5.73 Å². The summed E-state index contributed by atoms with van der Waals surface area (Å²) < 4.78 is 0.999. The number of nitrogens with two attached hydrogens (primary N) is 1. The molecule has 1 aromatic carbocycles. The normalized spacial score (nSPS) is 9.44. The molecule has 0 aliphatic heterocycles. The van der Waals surface area contributed by atoms with Gasteiger partial charge in [0.05, 0.1) is 0 Å². The quantitative estimate of drug-likeness (QED) is 0.898. The third kappa shape index (κ3) is 4.51. The molecule has 0 spiro atoms. The van der Waals surface area contributed by atoms with Crippen LogP contribution in [0.3, 0.4) is 0 Å². The van der Waals surface area contributed by atoms with Crippen molar-refractivity contribution < 1.29 is 4.79 Å². The molecule has 0 aliphatic carbocycles. The number of carbonyl (C=O) groups excluding carboxylic acids is 1. The van der Waals surface area contributed by atoms with Crippen molar-refractivity contribution in [1.82, 2.24) is 0 Å². The van der Waals surface area contributed by atoms with Crippen LogP contribution in [0.5, 0.6) is 0 Å². The zero-order valence-electron chi connectivity index (χ0n) is 9.13. The molecule has 0 aliphatic rings. The predicted molar refractivity (Wildman–Crippen MR) is 73.0 cm³/mol. The molecule has 0 heterocycles. The lowest BCUT2D eigenvalue weighted by molar-refractivity contribution is -0.116. The maximum absolute atomic E-state index is 11.5. The van der Waals surface area contributed by atoms with E-state index in [0.29, 0.717) is 13.0 Å². The highest BCUT2D eigenvalue weighted by Crippen LogP contribution is 2.23. The predicted octanol–water partition coefficient (Wildman–Crippen LogP) is 2.86. The lowest BCUT2D eigenvalue weighted by Gasteiger charge is -2.09. The Balaban J connectivity index is 0.00000225. The van der Waals surface area contributed by atoms with Gasteiger partial charge in [-0.25, -0.2) is 0 Å². The Kier molecular flexibility index (Phi) is 7.38. The number of hydrogen-bond acceptors (Lipinski definition) is 2. The first kappa shape index (κ1) is 15.4. The first-order chi connectivity index (χ1) is 7.15. The second kappa shape index (κ2) is 7.65. The van der Waals surface area contributed by atoms with Gasteiger partial charge in [-0.05, 0) is 37.6 Å². The van der Waals surface area contributed by atoms with Crippen LogP contribution < -0.4 is 11.1 Å². The molecule has 0 bridgehead atoms. The van der Waals surface area contributed by atoms with Crippen LogP contribution in [0.2, 0.25) is 0 Å². The van der Waals surface area contributed by atoms with Crippen LogP contribution in [0.4, 0.5) is 5.69 Å². The third-order valence-corrected chi connectivity index (χ3v) is 3.01. The fourth-order valence-electron chi connectivity index (χ4n) is 1.22. The van der Waals surface area contributed by atoms with Crippen LogP contribution in [0, 0.1) is 6.92 Å². The average molecular weight is 308 g/mol. The molecule has 90 valence electrons. The minimum atomic E-state index is 0. The fourth-order valence-corrected chi connectivity index (χ4v) is 1.58. The van der Waals surface area contributed by atoms with E-state index in [1.54, 1.807) is 0 Å². The summed E-state index contributed by atoms with van der Waals surface area (Å²) in [7, 11) is 0. The minimum absolute atomic E-state index is 0. The Morgan fingerprint density at radius 2 is 2.19 bits per heavy atom. The monoisotopic (exact) mass is 306 g/mol. The van der Waals surface area contributed by atoms with Gasteiger partial charge in [-0.2, -0.15) is 0 Å². The Labute approximate surface area is 110 Å². The highest BCUT2D eigenvalue weighted by molar-refractivity contribution is 9.10. The molecule has 16 heavy (non-hydrogen) atoms. The third-order valence-electron chi connectivity index (χ3n) is 2.15. The number of rotatable bonds is 4. The molecular formula is C11H16BrClN2O. The Hall–Kier alpha value is -0.580. The molecule has 3 N–H and O–H groups in total. The molecular weight excluding hydrogens is 291 g/mol. The SMILES string of the molecule is Cc1c(Br)cccc1NC(=O)CCCN.Cl. The second-order valence-electron chi connectivity index (χ2n) is 3.35. The number of benzene rings is 1. The summed E-state index contributed by atoms with van der Waals surface area (Å²) >= 11 is 3.42. The highest BCUT2D eigenvalue weighted by Gasteiger charge is 2.05. The molecule has 0 radical (unpaired) electrons. The van der Waals surface area contributed by atoms with E-state index in [2.05, 4.69) is 21.2 Å². The Morgan fingerprint density at radius 1 is 1.50 bits per heavy atom. The zero-order valence-corrected chi connectivity index (χ0v) is 11.5. The summed E-state index contributed by atoms with van der Waals surface area (Å²) in [6.07, 6.45) is 1.20. The molecule has 0 saturated carbocycles. The van der Waals surface area contributed by atoms with Gasteiger partial charge in [0, 0.05) is 16.6 Å². The number of amides is 1. The molecule has 0 fully saturated rings. The summed E-state index contributed by atoms with van der Waals surface area (Å²) in [5.74, 6) is 0.0154. The summed E-state index contributed by atoms with van der Waals surface area (Å²) in [4.78, 5) is 11.5. The van der Waals surface area contributed by atoms with Gasteiger partial charge in [0.25, 0.3) is 0 Å². The number of carbonyl (C=O) groups is 1. The lowest BCUT2D eigenvalue weighted by Crippen LogP contribution is -2.14. The van der Waals surface area contributed by atoms with E-state index in [4.69, 9.17) is 5.73 Å². The van der Waals surface area contributed by atoms with E-state index in [0.717, 1.165) is 22.1 Å². The Morgan fingerprint density at radius 3 is 2.81 bits per heavy atom. The maximum atomic E-state index is 11.5. The topological polar surface area (TPSA) is 55.1 Å². The maximum Gasteiger partial charge on any atom is 0.224 e. The number of hydrogen-bond donors (Lipinski definition) is 2. The minimum Gasteiger partial charge on any atom is -0.330 e. The molecule has 1 amide bonds. The van der Waals surface area contributed by atoms with Gasteiger partial charge in [-0.1, -0.05) is 22.0 Å². The highest BCUT2D eigenvalue weighted by atomic mass is 79.9. The van der Waals surface area contributed by atoms with Crippen LogP contribution >= 0.6 is 28.3 Å². The lowest BCUT2D eigenvalue weighted by atomic mass is 10.2. The van der Waals surface area contributed by atoms with Gasteiger partial charge >= 0.3 is 0 Å². The van der Waals surface area contributed by atoms with Crippen molar-refractivity contribution in [1.29, 1.82) is 0 Å². The average Bonchev–Trinajstić information content (AvgIpc) is 2.22. The van der Waals surface area contributed by atoms with E-state index < -0.39 is 0 Å². The smallest absolute Gasteiger partial charge is 0.224 e. The summed E-state index contributed by atoms with van der Waals surface area (Å²) in [6, 6.07) is 5.74. The van der Waals surface area contributed by atoms with E-state index >= 15 is 0 Å². The van der Waals surface area contributed by atoms with Crippen molar-refractivity contribution in [2.75, 3.05) is 11.9 Å². The largest absolute Gasteiger partial charge is 0.330 e. The summed E-state index contributed by atoms with van der Waals surface area (Å²) in [5.41, 5.74) is 7.23. The van der Waals surface area contributed by atoms with E-state index in [1.165, 1.54) is 0 Å². The molecule has 0 aromatic heterocycles. The zero-order chi connectivity index (χ0) is 11.3. The van der Waals surface area contributed by atoms with Gasteiger partial charge in [0.1, 0.15) is 0 Å². The molecule has 0 saturated heterocycles. The van der Waals surface area contributed by atoms with Crippen LogP contribution in [0.1, 0.15) is 18.4 Å². The van der Waals surface area contributed by atoms with Gasteiger partial charge in [0.15, 0.2) is 0 Å². The van der Waals surface area contributed by atoms with Crippen molar-refractivity contribution in [3.05, 3.63) is 28.2 Å². The summed E-state index contributed by atoms with van der Waals surface area (Å²) in [5, 5.41) is 2.86. The van der Waals surface area contributed by atoms with Crippen LogP contribution in [0.15, 0.2) is 22.7 Å². The first-order valence-corrected chi connectivity index (χ1v) is 5.69. The first-order valence-electron chi connectivity index (χ1n) is 4.90. The van der Waals surface area contributed by atoms with Crippen LogP contribution in [-0.2, 0) is 4.79 Å². The number of nitrogens with one attached hydrogen (secondary N) is 1. The van der Waals surface area contributed by atoms with Crippen LogP contribution in [-0.4, -0.2) is 12.5 Å². The standard InChI is InChI=1S/C11H15BrN2O.ClH/c1-8-9(12)4-2-5-10(8)14-11(15)6-3-7-13;/h2,4-5H,3,6-7,13H2,1H3,(H,14,15);1H. The van der Waals surface area contributed by atoms with E-state index in [9.17, 15) is 4.79 Å².